The minimum atomic E-state index is -0.537. The molecule has 0 spiro atoms. The molecule has 3 aromatic rings. The van der Waals surface area contributed by atoms with Gasteiger partial charge < -0.3 is 9.88 Å². The van der Waals surface area contributed by atoms with Gasteiger partial charge in [-0.15, -0.1) is 21.5 Å². The molecule has 31 heavy (non-hydrogen) atoms. The van der Waals surface area contributed by atoms with E-state index >= 15 is 0 Å². The quantitative estimate of drug-likeness (QED) is 0.235. The lowest BCUT2D eigenvalue weighted by atomic mass is 10.1. The van der Waals surface area contributed by atoms with Gasteiger partial charge in [-0.05, 0) is 24.5 Å². The standard InChI is InChI=1S/C20H22ClN5O3S2/c1-4-7-25-19(13-8-17(12(2)3)30-10-13)23-24-20(25)31-11-18(27)22-16-9-14(26(28)29)5-6-15(16)21/h5-6,8-10,12H,4,7,11H2,1-3H3,(H,22,27). The number of nitrogens with one attached hydrogen (secondary N) is 1. The molecule has 0 saturated heterocycles. The number of nitro benzene ring substituents is 1. The summed E-state index contributed by atoms with van der Waals surface area (Å²) in [6.45, 7) is 7.11. The predicted molar refractivity (Wildman–Crippen MR) is 125 cm³/mol. The number of benzene rings is 1. The molecule has 1 aromatic carbocycles. The summed E-state index contributed by atoms with van der Waals surface area (Å²) >= 11 is 9.02. The molecule has 0 aliphatic rings. The largest absolute Gasteiger partial charge is 0.324 e. The van der Waals surface area contributed by atoms with Gasteiger partial charge in [-0.2, -0.15) is 0 Å². The third-order valence-electron chi connectivity index (χ3n) is 4.38. The first-order valence-corrected chi connectivity index (χ1v) is 11.9. The fourth-order valence-electron chi connectivity index (χ4n) is 2.85. The molecule has 0 fully saturated rings. The number of nitrogens with zero attached hydrogens (tertiary/aromatic N) is 4. The lowest BCUT2D eigenvalue weighted by Crippen LogP contribution is -2.15. The summed E-state index contributed by atoms with van der Waals surface area (Å²) < 4.78 is 2.02. The molecule has 0 aliphatic carbocycles. The molecule has 1 amide bonds. The number of hydrogen-bond donors (Lipinski definition) is 1. The topological polar surface area (TPSA) is 103 Å². The van der Waals surface area contributed by atoms with Crippen LogP contribution in [-0.2, 0) is 11.3 Å². The predicted octanol–water partition coefficient (Wildman–Crippen LogP) is 5.83. The Morgan fingerprint density at radius 3 is 2.77 bits per heavy atom. The summed E-state index contributed by atoms with van der Waals surface area (Å²) in [5, 5.41) is 25.2. The highest BCUT2D eigenvalue weighted by molar-refractivity contribution is 7.99. The van der Waals surface area contributed by atoms with Crippen molar-refractivity contribution in [1.29, 1.82) is 0 Å². The molecule has 0 bridgehead atoms. The summed E-state index contributed by atoms with van der Waals surface area (Å²) in [5.74, 6) is 0.966. The second-order valence-electron chi connectivity index (χ2n) is 7.11. The average molecular weight is 480 g/mol. The first kappa shape index (κ1) is 23.2. The van der Waals surface area contributed by atoms with Crippen LogP contribution in [-0.4, -0.2) is 31.3 Å². The smallest absolute Gasteiger partial charge is 0.271 e. The van der Waals surface area contributed by atoms with Crippen molar-refractivity contribution in [3.05, 3.63) is 49.7 Å². The summed E-state index contributed by atoms with van der Waals surface area (Å²) in [6, 6.07) is 6.05. The number of halogens is 1. The van der Waals surface area contributed by atoms with Crippen molar-refractivity contribution < 1.29 is 9.72 Å². The van der Waals surface area contributed by atoms with E-state index in [-0.39, 0.29) is 28.1 Å². The average Bonchev–Trinajstić information content (AvgIpc) is 3.35. The van der Waals surface area contributed by atoms with E-state index in [1.807, 2.05) is 4.57 Å². The Labute approximate surface area is 193 Å². The van der Waals surface area contributed by atoms with E-state index in [0.29, 0.717) is 11.1 Å². The zero-order valence-corrected chi connectivity index (χ0v) is 19.7. The minimum absolute atomic E-state index is 0.0712. The van der Waals surface area contributed by atoms with E-state index in [9.17, 15) is 14.9 Å². The fourth-order valence-corrected chi connectivity index (χ4v) is 4.68. The third-order valence-corrected chi connectivity index (χ3v) is 6.91. The second-order valence-corrected chi connectivity index (χ2v) is 9.40. The van der Waals surface area contributed by atoms with Gasteiger partial charge in [0.2, 0.25) is 5.91 Å². The fraction of sp³-hybridized carbons (Fsp3) is 0.350. The van der Waals surface area contributed by atoms with Crippen LogP contribution >= 0.6 is 34.7 Å². The molecule has 11 heteroatoms. The highest BCUT2D eigenvalue weighted by Gasteiger charge is 2.18. The van der Waals surface area contributed by atoms with Gasteiger partial charge >= 0.3 is 0 Å². The van der Waals surface area contributed by atoms with E-state index in [1.165, 1.54) is 34.8 Å². The van der Waals surface area contributed by atoms with Crippen LogP contribution in [0.3, 0.4) is 0 Å². The van der Waals surface area contributed by atoms with Gasteiger partial charge in [-0.25, -0.2) is 0 Å². The third kappa shape index (κ3) is 5.63. The van der Waals surface area contributed by atoms with E-state index in [0.717, 1.165) is 24.4 Å². The van der Waals surface area contributed by atoms with E-state index in [4.69, 9.17) is 11.6 Å². The maximum atomic E-state index is 12.4. The molecule has 0 unspecified atom stereocenters. The molecule has 1 N–H and O–H groups in total. The number of hydrogen-bond acceptors (Lipinski definition) is 7. The molecule has 0 atom stereocenters. The number of rotatable bonds is 9. The van der Waals surface area contributed by atoms with Crippen LogP contribution in [0.4, 0.5) is 11.4 Å². The van der Waals surface area contributed by atoms with E-state index < -0.39 is 4.92 Å². The SMILES string of the molecule is CCCn1c(SCC(=O)Nc2cc([N+](=O)[O-])ccc2Cl)nnc1-c1csc(C(C)C)c1. The summed E-state index contributed by atoms with van der Waals surface area (Å²) in [5.41, 5.74) is 1.09. The first-order chi connectivity index (χ1) is 14.8. The molecule has 2 aromatic heterocycles. The van der Waals surface area contributed by atoms with Crippen molar-refractivity contribution in [2.24, 2.45) is 0 Å². The number of carbonyl (C=O) groups excluding carboxylic acids is 1. The van der Waals surface area contributed by atoms with Gasteiger partial charge in [0.1, 0.15) is 0 Å². The van der Waals surface area contributed by atoms with Gasteiger partial charge in [0.05, 0.1) is 21.4 Å². The van der Waals surface area contributed by atoms with Gasteiger partial charge in [-0.3, -0.25) is 14.9 Å². The van der Waals surface area contributed by atoms with E-state index in [1.54, 1.807) is 11.3 Å². The van der Waals surface area contributed by atoms with Gasteiger partial charge in [0, 0.05) is 34.5 Å². The number of thioether (sulfide) groups is 1. The van der Waals surface area contributed by atoms with Crippen LogP contribution < -0.4 is 5.32 Å². The van der Waals surface area contributed by atoms with Crippen LogP contribution in [0.25, 0.3) is 11.4 Å². The van der Waals surface area contributed by atoms with Crippen molar-refractivity contribution in [3.63, 3.8) is 0 Å². The lowest BCUT2D eigenvalue weighted by molar-refractivity contribution is -0.384. The van der Waals surface area contributed by atoms with Gasteiger partial charge in [0.15, 0.2) is 11.0 Å². The maximum absolute atomic E-state index is 12.4. The van der Waals surface area contributed by atoms with Crippen LogP contribution in [0.15, 0.2) is 34.8 Å². The molecule has 3 rings (SSSR count). The summed E-state index contributed by atoms with van der Waals surface area (Å²) in [6.07, 6.45) is 0.898. The highest BCUT2D eigenvalue weighted by atomic mass is 35.5. The Balaban J connectivity index is 1.73. The minimum Gasteiger partial charge on any atom is -0.324 e. The Morgan fingerprint density at radius 1 is 1.35 bits per heavy atom. The molecule has 0 saturated carbocycles. The number of carbonyl (C=O) groups is 1. The number of aromatic nitrogens is 3. The maximum Gasteiger partial charge on any atom is 0.271 e. The van der Waals surface area contributed by atoms with Gasteiger partial charge in [-0.1, -0.05) is 44.1 Å². The molecule has 2 heterocycles. The van der Waals surface area contributed by atoms with Gasteiger partial charge in [0.25, 0.3) is 5.69 Å². The highest BCUT2D eigenvalue weighted by Crippen LogP contribution is 2.31. The van der Waals surface area contributed by atoms with E-state index in [2.05, 4.69) is 47.7 Å². The van der Waals surface area contributed by atoms with Crippen molar-refractivity contribution >= 4 is 52.0 Å². The number of non-ortho nitro benzene ring substituents is 1. The van der Waals surface area contributed by atoms with Crippen LogP contribution in [0.2, 0.25) is 5.02 Å². The normalized spacial score (nSPS) is 11.1. The monoisotopic (exact) mass is 479 g/mol. The second kappa shape index (κ2) is 10.3. The zero-order chi connectivity index (χ0) is 22.5. The number of thiophene rings is 1. The first-order valence-electron chi connectivity index (χ1n) is 9.68. The molecule has 0 radical (unpaired) electrons. The van der Waals surface area contributed by atoms with Crippen molar-refractivity contribution in [2.45, 2.75) is 44.8 Å². The molecule has 164 valence electrons. The molecular weight excluding hydrogens is 458 g/mol. The molecule has 8 nitrogen and oxygen atoms in total. The van der Waals surface area contributed by atoms with Crippen molar-refractivity contribution in [3.8, 4) is 11.4 Å². The molecule has 0 aliphatic heterocycles. The Morgan fingerprint density at radius 2 is 2.13 bits per heavy atom. The summed E-state index contributed by atoms with van der Waals surface area (Å²) in [7, 11) is 0. The molecular formula is C20H22ClN5O3S2. The van der Waals surface area contributed by atoms with Crippen LogP contribution in [0, 0.1) is 10.1 Å². The summed E-state index contributed by atoms with van der Waals surface area (Å²) in [4.78, 5) is 24.1. The Bertz CT molecular complexity index is 1100. The van der Waals surface area contributed by atoms with Crippen molar-refractivity contribution in [1.82, 2.24) is 14.8 Å². The zero-order valence-electron chi connectivity index (χ0n) is 17.3. The number of nitro groups is 1. The van der Waals surface area contributed by atoms with Crippen LogP contribution in [0.5, 0.6) is 0 Å². The van der Waals surface area contributed by atoms with Crippen LogP contribution in [0.1, 0.15) is 38.0 Å². The number of anilines is 1. The Hall–Kier alpha value is -2.43. The lowest BCUT2D eigenvalue weighted by Gasteiger charge is -2.09. The number of amides is 1. The van der Waals surface area contributed by atoms with Crippen molar-refractivity contribution in [2.75, 3.05) is 11.1 Å². The Kier molecular flexibility index (Phi) is 7.69.